The van der Waals surface area contributed by atoms with Gasteiger partial charge in [0.2, 0.25) is 5.91 Å². The monoisotopic (exact) mass is 282 g/mol. The minimum absolute atomic E-state index is 0.154. The molecule has 0 bridgehead atoms. The van der Waals surface area contributed by atoms with Crippen molar-refractivity contribution in [3.63, 3.8) is 0 Å². The molecule has 2 fully saturated rings. The number of hydrogen-bond donors (Lipinski definition) is 2. The zero-order valence-corrected chi connectivity index (χ0v) is 11.7. The largest absolute Gasteiger partial charge is 0.481 e. The van der Waals surface area contributed by atoms with E-state index in [1.807, 2.05) is 0 Å². The average molecular weight is 282 g/mol. The Kier molecular flexibility index (Phi) is 4.62. The summed E-state index contributed by atoms with van der Waals surface area (Å²) >= 11 is 0. The van der Waals surface area contributed by atoms with Gasteiger partial charge in [0.05, 0.1) is 6.42 Å². The highest BCUT2D eigenvalue weighted by molar-refractivity contribution is 5.95. The van der Waals surface area contributed by atoms with Crippen molar-refractivity contribution in [3.8, 4) is 0 Å². The van der Waals surface area contributed by atoms with Gasteiger partial charge in [-0.25, -0.2) is 4.79 Å². The summed E-state index contributed by atoms with van der Waals surface area (Å²) in [5, 5.41) is 10.8. The summed E-state index contributed by atoms with van der Waals surface area (Å²) in [6, 6.07) is -0.381. The number of urea groups is 1. The van der Waals surface area contributed by atoms with Crippen LogP contribution in [0.4, 0.5) is 4.79 Å². The van der Waals surface area contributed by atoms with E-state index < -0.39 is 11.9 Å². The molecule has 0 aromatic heterocycles. The fourth-order valence-corrected chi connectivity index (χ4v) is 3.29. The summed E-state index contributed by atoms with van der Waals surface area (Å²) in [5.74, 6) is -1.55. The van der Waals surface area contributed by atoms with Gasteiger partial charge in [0.15, 0.2) is 0 Å². The lowest BCUT2D eigenvalue weighted by molar-refractivity contribution is -0.138. The minimum atomic E-state index is -1.03. The molecule has 1 saturated heterocycles. The van der Waals surface area contributed by atoms with Gasteiger partial charge in [0, 0.05) is 19.5 Å². The van der Waals surface area contributed by atoms with Gasteiger partial charge in [-0.3, -0.25) is 14.9 Å². The maximum Gasteiger partial charge on any atom is 0.324 e. The molecule has 1 aliphatic carbocycles. The Bertz CT molecular complexity index is 392. The SMILES string of the molecule is O=C(O)CCC(=O)NC(=O)N1CCC2(CCCC2)CC1. The molecule has 112 valence electrons. The van der Waals surface area contributed by atoms with E-state index in [1.165, 1.54) is 25.7 Å². The Hall–Kier alpha value is -1.59. The van der Waals surface area contributed by atoms with Gasteiger partial charge in [-0.05, 0) is 31.1 Å². The lowest BCUT2D eigenvalue weighted by Crippen LogP contribution is -2.48. The maximum absolute atomic E-state index is 11.9. The molecule has 1 aliphatic heterocycles. The molecule has 6 heteroatoms. The lowest BCUT2D eigenvalue weighted by Gasteiger charge is -2.39. The third kappa shape index (κ3) is 3.71. The Morgan fingerprint density at radius 2 is 1.60 bits per heavy atom. The average Bonchev–Trinajstić information content (AvgIpc) is 2.85. The molecule has 1 heterocycles. The van der Waals surface area contributed by atoms with E-state index in [-0.39, 0.29) is 18.9 Å². The molecule has 0 unspecified atom stereocenters. The fourth-order valence-electron chi connectivity index (χ4n) is 3.29. The van der Waals surface area contributed by atoms with Crippen LogP contribution in [0, 0.1) is 5.41 Å². The van der Waals surface area contributed by atoms with Crippen LogP contribution in [-0.4, -0.2) is 41.0 Å². The summed E-state index contributed by atoms with van der Waals surface area (Å²) < 4.78 is 0. The van der Waals surface area contributed by atoms with Crippen molar-refractivity contribution in [2.75, 3.05) is 13.1 Å². The number of carbonyl (C=O) groups excluding carboxylic acids is 2. The fraction of sp³-hybridized carbons (Fsp3) is 0.786. The minimum Gasteiger partial charge on any atom is -0.481 e. The van der Waals surface area contributed by atoms with Crippen LogP contribution in [0.1, 0.15) is 51.4 Å². The van der Waals surface area contributed by atoms with Crippen molar-refractivity contribution in [1.29, 1.82) is 0 Å². The summed E-state index contributed by atoms with van der Waals surface area (Å²) in [5.41, 5.74) is 0.435. The second-order valence-corrected chi connectivity index (χ2v) is 5.94. The molecule has 0 radical (unpaired) electrons. The number of carbonyl (C=O) groups is 3. The number of nitrogens with one attached hydrogen (secondary N) is 1. The topological polar surface area (TPSA) is 86.7 Å². The highest BCUT2D eigenvalue weighted by Crippen LogP contribution is 2.45. The Balaban J connectivity index is 1.74. The number of aliphatic carboxylic acids is 1. The van der Waals surface area contributed by atoms with E-state index in [4.69, 9.17) is 5.11 Å². The van der Waals surface area contributed by atoms with Crippen LogP contribution in [-0.2, 0) is 9.59 Å². The predicted molar refractivity (Wildman–Crippen MR) is 72.1 cm³/mol. The first-order chi connectivity index (χ1) is 9.51. The zero-order chi connectivity index (χ0) is 14.6. The Labute approximate surface area is 118 Å². The molecule has 1 spiro atoms. The van der Waals surface area contributed by atoms with Gasteiger partial charge in [-0.1, -0.05) is 12.8 Å². The van der Waals surface area contributed by atoms with Crippen molar-refractivity contribution in [1.82, 2.24) is 10.2 Å². The van der Waals surface area contributed by atoms with Gasteiger partial charge >= 0.3 is 12.0 Å². The number of amides is 3. The molecule has 2 N–H and O–H groups in total. The normalized spacial score (nSPS) is 20.9. The molecule has 0 aromatic carbocycles. The predicted octanol–water partition coefficient (Wildman–Crippen LogP) is 1.74. The summed E-state index contributed by atoms with van der Waals surface area (Å²) in [7, 11) is 0. The van der Waals surface area contributed by atoms with Crippen LogP contribution in [0.15, 0.2) is 0 Å². The summed E-state index contributed by atoms with van der Waals surface area (Å²) in [6.45, 7) is 1.39. The summed E-state index contributed by atoms with van der Waals surface area (Å²) in [4.78, 5) is 35.4. The third-order valence-electron chi connectivity index (χ3n) is 4.59. The van der Waals surface area contributed by atoms with Crippen molar-refractivity contribution >= 4 is 17.9 Å². The van der Waals surface area contributed by atoms with E-state index in [0.717, 1.165) is 12.8 Å². The molecule has 3 amide bonds. The number of nitrogens with zero attached hydrogens (tertiary/aromatic N) is 1. The Morgan fingerprint density at radius 1 is 1.00 bits per heavy atom. The van der Waals surface area contributed by atoms with Crippen LogP contribution in [0.3, 0.4) is 0 Å². The standard InChI is InChI=1S/C14H22N2O4/c17-11(3-4-12(18)19)15-13(20)16-9-7-14(8-10-16)5-1-2-6-14/h1-10H2,(H,18,19)(H,15,17,20). The molecule has 2 aliphatic rings. The smallest absolute Gasteiger partial charge is 0.324 e. The van der Waals surface area contributed by atoms with Crippen LogP contribution >= 0.6 is 0 Å². The number of carboxylic acid groups (broad SMARTS) is 1. The number of imide groups is 1. The Morgan fingerprint density at radius 3 is 2.15 bits per heavy atom. The second kappa shape index (κ2) is 6.24. The van der Waals surface area contributed by atoms with Crippen LogP contribution < -0.4 is 5.32 Å². The van der Waals surface area contributed by atoms with Gasteiger partial charge in [0.1, 0.15) is 0 Å². The molecular formula is C14H22N2O4. The van der Waals surface area contributed by atoms with Gasteiger partial charge in [-0.15, -0.1) is 0 Å². The zero-order valence-electron chi connectivity index (χ0n) is 11.7. The van der Waals surface area contributed by atoms with Crippen molar-refractivity contribution < 1.29 is 19.5 Å². The van der Waals surface area contributed by atoms with E-state index in [1.54, 1.807) is 4.90 Å². The van der Waals surface area contributed by atoms with E-state index >= 15 is 0 Å². The molecular weight excluding hydrogens is 260 g/mol. The lowest BCUT2D eigenvalue weighted by atomic mass is 9.77. The molecule has 6 nitrogen and oxygen atoms in total. The van der Waals surface area contributed by atoms with E-state index in [2.05, 4.69) is 5.32 Å². The first-order valence-corrected chi connectivity index (χ1v) is 7.31. The van der Waals surface area contributed by atoms with Crippen LogP contribution in [0.5, 0.6) is 0 Å². The number of piperidine rings is 1. The summed E-state index contributed by atoms with van der Waals surface area (Å²) in [6.07, 6.45) is 6.74. The molecule has 0 atom stereocenters. The molecule has 0 aromatic rings. The quantitative estimate of drug-likeness (QED) is 0.825. The van der Waals surface area contributed by atoms with Crippen molar-refractivity contribution in [2.45, 2.75) is 51.4 Å². The molecule has 20 heavy (non-hydrogen) atoms. The first kappa shape index (κ1) is 14.8. The third-order valence-corrected chi connectivity index (χ3v) is 4.59. The molecule has 1 saturated carbocycles. The van der Waals surface area contributed by atoms with E-state index in [0.29, 0.717) is 18.5 Å². The van der Waals surface area contributed by atoms with E-state index in [9.17, 15) is 14.4 Å². The van der Waals surface area contributed by atoms with Gasteiger partial charge < -0.3 is 10.0 Å². The number of hydrogen-bond acceptors (Lipinski definition) is 3. The highest BCUT2D eigenvalue weighted by Gasteiger charge is 2.38. The van der Waals surface area contributed by atoms with Crippen LogP contribution in [0.2, 0.25) is 0 Å². The van der Waals surface area contributed by atoms with Gasteiger partial charge in [0.25, 0.3) is 0 Å². The first-order valence-electron chi connectivity index (χ1n) is 7.31. The maximum atomic E-state index is 11.9. The van der Waals surface area contributed by atoms with Gasteiger partial charge in [-0.2, -0.15) is 0 Å². The van der Waals surface area contributed by atoms with Crippen molar-refractivity contribution in [2.24, 2.45) is 5.41 Å². The van der Waals surface area contributed by atoms with Crippen molar-refractivity contribution in [3.05, 3.63) is 0 Å². The molecule has 2 rings (SSSR count). The second-order valence-electron chi connectivity index (χ2n) is 5.94. The number of likely N-dealkylation sites (tertiary alicyclic amines) is 1. The number of carboxylic acids is 1. The highest BCUT2D eigenvalue weighted by atomic mass is 16.4. The number of rotatable bonds is 3. The van der Waals surface area contributed by atoms with Crippen LogP contribution in [0.25, 0.3) is 0 Å².